The topological polar surface area (TPSA) is 93.4 Å². The predicted octanol–water partition coefficient (Wildman–Crippen LogP) is 4.28. The number of carbonyl (C=O) groups excluding carboxylic acids is 2. The van der Waals surface area contributed by atoms with Gasteiger partial charge in [0.25, 0.3) is 11.8 Å². The number of ether oxygens (including phenoxy) is 1. The summed E-state index contributed by atoms with van der Waals surface area (Å²) in [7, 11) is 0. The van der Waals surface area contributed by atoms with Crippen LogP contribution < -0.4 is 21.1 Å². The minimum atomic E-state index is -0.476. The molecule has 0 spiro atoms. The fraction of sp³-hybridized carbons (Fsp3) is 0.409. The largest absolute Gasteiger partial charge is 0.494 e. The van der Waals surface area contributed by atoms with Gasteiger partial charge in [0.05, 0.1) is 12.2 Å². The molecule has 1 unspecified atom stereocenters. The Labute approximate surface area is 186 Å². The normalized spacial score (nSPS) is 15.2. The highest BCUT2D eigenvalue weighted by atomic mass is 32.1. The van der Waals surface area contributed by atoms with Gasteiger partial charge in [-0.2, -0.15) is 0 Å². The van der Waals surface area contributed by atoms with E-state index in [0.29, 0.717) is 34.4 Å². The van der Waals surface area contributed by atoms with Gasteiger partial charge in [0.1, 0.15) is 10.8 Å². The van der Waals surface area contributed by atoms with E-state index in [1.54, 1.807) is 18.2 Å². The van der Waals surface area contributed by atoms with E-state index in [9.17, 15) is 9.59 Å². The molecule has 1 aromatic heterocycles. The Morgan fingerprint density at radius 2 is 2.17 bits per heavy atom. The molecule has 0 bridgehead atoms. The molecule has 3 rings (SSSR count). The van der Waals surface area contributed by atoms with Crippen molar-refractivity contribution in [2.45, 2.75) is 46.0 Å². The second-order valence-electron chi connectivity index (χ2n) is 7.56. The average Bonchev–Trinajstić information content (AvgIpc) is 3.05. The van der Waals surface area contributed by atoms with Crippen molar-refractivity contribution in [2.24, 2.45) is 11.7 Å². The molecule has 1 atom stereocenters. The first-order valence-electron chi connectivity index (χ1n) is 10.2. The molecule has 6 nitrogen and oxygen atoms in total. The minimum Gasteiger partial charge on any atom is -0.494 e. The summed E-state index contributed by atoms with van der Waals surface area (Å²) in [6, 6.07) is 6.98. The van der Waals surface area contributed by atoms with Crippen molar-refractivity contribution in [1.29, 1.82) is 0 Å². The summed E-state index contributed by atoms with van der Waals surface area (Å²) in [5, 5.41) is 6.41. The van der Waals surface area contributed by atoms with Crippen LogP contribution in [-0.2, 0) is 12.8 Å². The third-order valence-electron chi connectivity index (χ3n) is 5.08. The second-order valence-corrected chi connectivity index (χ2v) is 9.07. The highest BCUT2D eigenvalue weighted by molar-refractivity contribution is 7.80. The van der Waals surface area contributed by atoms with E-state index in [0.717, 1.165) is 42.5 Å². The number of anilines is 1. The summed E-state index contributed by atoms with van der Waals surface area (Å²) in [6.07, 6.45) is 4.78. The molecule has 1 heterocycles. The van der Waals surface area contributed by atoms with Gasteiger partial charge in [-0.25, -0.2) is 0 Å². The fourth-order valence-electron chi connectivity index (χ4n) is 3.47. The van der Waals surface area contributed by atoms with Gasteiger partial charge in [-0.1, -0.05) is 26.3 Å². The van der Waals surface area contributed by atoms with Gasteiger partial charge in [0.15, 0.2) is 5.11 Å². The first kappa shape index (κ1) is 22.2. The van der Waals surface area contributed by atoms with Crippen molar-refractivity contribution in [3.8, 4) is 5.75 Å². The van der Waals surface area contributed by atoms with Crippen LogP contribution in [0.25, 0.3) is 0 Å². The molecule has 2 aromatic rings. The van der Waals surface area contributed by atoms with Gasteiger partial charge >= 0.3 is 0 Å². The van der Waals surface area contributed by atoms with Gasteiger partial charge in [-0.15, -0.1) is 11.3 Å². The monoisotopic (exact) mass is 445 g/mol. The lowest BCUT2D eigenvalue weighted by Gasteiger charge is -2.18. The lowest BCUT2D eigenvalue weighted by molar-refractivity contribution is 0.0975. The molecule has 0 saturated carbocycles. The Morgan fingerprint density at radius 3 is 2.90 bits per heavy atom. The molecular weight excluding hydrogens is 418 g/mol. The van der Waals surface area contributed by atoms with E-state index in [2.05, 4.69) is 24.5 Å². The first-order valence-corrected chi connectivity index (χ1v) is 11.4. The molecule has 1 aliphatic carbocycles. The lowest BCUT2D eigenvalue weighted by Crippen LogP contribution is -2.34. The third-order valence-corrected chi connectivity index (χ3v) is 6.45. The molecule has 4 N–H and O–H groups in total. The van der Waals surface area contributed by atoms with Crippen LogP contribution in [0.5, 0.6) is 5.75 Å². The summed E-state index contributed by atoms with van der Waals surface area (Å²) in [5.41, 5.74) is 7.59. The van der Waals surface area contributed by atoms with Gasteiger partial charge in [0, 0.05) is 10.4 Å². The second kappa shape index (κ2) is 10.0. The number of amides is 2. The number of thiocarbonyl (C=S) groups is 1. The summed E-state index contributed by atoms with van der Waals surface area (Å²) < 4.78 is 5.66. The molecule has 2 amide bonds. The summed E-state index contributed by atoms with van der Waals surface area (Å²) >= 11 is 6.81. The van der Waals surface area contributed by atoms with E-state index in [4.69, 9.17) is 22.7 Å². The SMILES string of the molecule is CCCCOc1cccc(C(=O)NC(=S)Nc2sc3c(c2C(N)=O)CCC(C)C3)c1. The number of fused-ring (bicyclic) bond motifs is 1. The molecular formula is C22H27N3O3S2. The zero-order valence-corrected chi connectivity index (χ0v) is 18.9. The van der Waals surface area contributed by atoms with Crippen molar-refractivity contribution in [3.05, 3.63) is 45.8 Å². The van der Waals surface area contributed by atoms with E-state index < -0.39 is 5.91 Å². The molecule has 30 heavy (non-hydrogen) atoms. The highest BCUT2D eigenvalue weighted by Crippen LogP contribution is 2.39. The van der Waals surface area contributed by atoms with Crippen LogP contribution in [-0.4, -0.2) is 23.5 Å². The number of thiophene rings is 1. The molecule has 160 valence electrons. The van der Waals surface area contributed by atoms with E-state index in [1.165, 1.54) is 11.3 Å². The average molecular weight is 446 g/mol. The maximum absolute atomic E-state index is 12.6. The highest BCUT2D eigenvalue weighted by Gasteiger charge is 2.27. The zero-order chi connectivity index (χ0) is 21.7. The number of nitrogens with one attached hydrogen (secondary N) is 2. The van der Waals surface area contributed by atoms with Crippen LogP contribution in [0.3, 0.4) is 0 Å². The van der Waals surface area contributed by atoms with Crippen molar-refractivity contribution < 1.29 is 14.3 Å². The van der Waals surface area contributed by atoms with Gasteiger partial charge in [-0.05, 0) is 67.6 Å². The number of benzene rings is 1. The van der Waals surface area contributed by atoms with Crippen LogP contribution in [0, 0.1) is 5.92 Å². The standard InChI is InChI=1S/C22H27N3O3S2/c1-3-4-10-28-15-7-5-6-14(12-15)20(27)24-22(29)25-21-18(19(23)26)16-9-8-13(2)11-17(16)30-21/h5-7,12-13H,3-4,8-11H2,1-2H3,(H2,23,26)(H2,24,25,27,29). The maximum Gasteiger partial charge on any atom is 0.257 e. The summed E-state index contributed by atoms with van der Waals surface area (Å²) in [6.45, 7) is 4.90. The Bertz CT molecular complexity index is 955. The van der Waals surface area contributed by atoms with E-state index in [-0.39, 0.29) is 11.0 Å². The fourth-order valence-corrected chi connectivity index (χ4v) is 5.15. The van der Waals surface area contributed by atoms with Crippen molar-refractivity contribution in [1.82, 2.24) is 5.32 Å². The number of rotatable bonds is 7. The third kappa shape index (κ3) is 5.37. The number of unbranched alkanes of at least 4 members (excludes halogenated alkanes) is 1. The summed E-state index contributed by atoms with van der Waals surface area (Å²) in [5.74, 6) is 0.397. The molecule has 0 fully saturated rings. The first-order chi connectivity index (χ1) is 14.4. The number of carbonyl (C=O) groups is 2. The van der Waals surface area contributed by atoms with E-state index >= 15 is 0 Å². The minimum absolute atomic E-state index is 0.131. The van der Waals surface area contributed by atoms with Crippen LogP contribution in [0.15, 0.2) is 24.3 Å². The molecule has 8 heteroatoms. The molecule has 1 aliphatic rings. The zero-order valence-electron chi connectivity index (χ0n) is 17.2. The van der Waals surface area contributed by atoms with Crippen molar-refractivity contribution in [2.75, 3.05) is 11.9 Å². The Morgan fingerprint density at radius 1 is 1.37 bits per heavy atom. The Balaban J connectivity index is 1.68. The Hall–Kier alpha value is -2.45. The van der Waals surface area contributed by atoms with E-state index in [1.807, 2.05) is 6.07 Å². The summed E-state index contributed by atoms with van der Waals surface area (Å²) in [4.78, 5) is 25.8. The van der Waals surface area contributed by atoms with Crippen LogP contribution >= 0.6 is 23.6 Å². The van der Waals surface area contributed by atoms with Gasteiger partial charge in [-0.3, -0.25) is 14.9 Å². The predicted molar refractivity (Wildman–Crippen MR) is 125 cm³/mol. The molecule has 0 saturated heterocycles. The molecule has 1 aromatic carbocycles. The number of hydrogen-bond acceptors (Lipinski definition) is 5. The maximum atomic E-state index is 12.6. The van der Waals surface area contributed by atoms with Crippen LogP contribution in [0.4, 0.5) is 5.00 Å². The van der Waals surface area contributed by atoms with Crippen LogP contribution in [0.1, 0.15) is 64.3 Å². The van der Waals surface area contributed by atoms with Crippen LogP contribution in [0.2, 0.25) is 0 Å². The number of hydrogen-bond donors (Lipinski definition) is 3. The molecule has 0 aliphatic heterocycles. The number of nitrogens with two attached hydrogens (primary N) is 1. The number of primary amides is 1. The molecule has 0 radical (unpaired) electrons. The van der Waals surface area contributed by atoms with Crippen molar-refractivity contribution in [3.63, 3.8) is 0 Å². The van der Waals surface area contributed by atoms with Gasteiger partial charge in [0.2, 0.25) is 0 Å². The smallest absolute Gasteiger partial charge is 0.257 e. The quantitative estimate of drug-likeness (QED) is 0.437. The lowest BCUT2D eigenvalue weighted by atomic mass is 9.88. The Kier molecular flexibility index (Phi) is 7.44. The van der Waals surface area contributed by atoms with Crippen molar-refractivity contribution >= 4 is 45.5 Å². The van der Waals surface area contributed by atoms with Gasteiger partial charge < -0.3 is 15.8 Å².